The van der Waals surface area contributed by atoms with Gasteiger partial charge in [0.25, 0.3) is 0 Å². The minimum atomic E-state index is -0.00871. The second-order valence-electron chi connectivity index (χ2n) is 6.17. The van der Waals surface area contributed by atoms with E-state index in [2.05, 4.69) is 10.3 Å². The molecular weight excluding hydrogens is 294 g/mol. The molecule has 0 spiro atoms. The maximum Gasteiger partial charge on any atom is 0.225 e. The van der Waals surface area contributed by atoms with E-state index in [1.54, 1.807) is 6.20 Å². The molecule has 1 aliphatic carbocycles. The number of nitrogens with two attached hydrogens (primary N) is 1. The molecule has 3 atom stereocenters. The summed E-state index contributed by atoms with van der Waals surface area (Å²) in [6.45, 7) is 0. The predicted molar refractivity (Wildman–Crippen MR) is 82.8 cm³/mol. The fourth-order valence-electron chi connectivity index (χ4n) is 3.43. The van der Waals surface area contributed by atoms with Crippen LogP contribution in [0.3, 0.4) is 0 Å². The third-order valence-corrected chi connectivity index (χ3v) is 4.71. The van der Waals surface area contributed by atoms with Gasteiger partial charge < -0.3 is 20.5 Å². The summed E-state index contributed by atoms with van der Waals surface area (Å²) in [5, 5.41) is 2.78. The molecule has 2 aliphatic heterocycles. The zero-order valence-electron chi connectivity index (χ0n) is 12.3. The van der Waals surface area contributed by atoms with Gasteiger partial charge >= 0.3 is 0 Å². The maximum absolute atomic E-state index is 11.5. The average molecular weight is 309 g/mol. The Bertz CT molecular complexity index is 836. The topological polar surface area (TPSA) is 86.5 Å². The van der Waals surface area contributed by atoms with Crippen LogP contribution in [0, 0.1) is 0 Å². The van der Waals surface area contributed by atoms with Gasteiger partial charge in [-0.25, -0.2) is 4.98 Å². The lowest BCUT2D eigenvalue weighted by Gasteiger charge is -2.19. The number of pyridine rings is 1. The standard InChI is InChI=1S/C17H15N3O3/c18-15-14-10-7-8(1-3-11(10)23-16(14)15)22-12-5-6-19-17-9(12)2-4-13(21)20-17/h1,3,5-7,14-16H,2,4,18H2,(H,19,20,21). The van der Waals surface area contributed by atoms with Crippen LogP contribution >= 0.6 is 0 Å². The Balaban J connectivity index is 1.47. The summed E-state index contributed by atoms with van der Waals surface area (Å²) in [5.41, 5.74) is 8.04. The van der Waals surface area contributed by atoms with E-state index in [4.69, 9.17) is 15.2 Å². The highest BCUT2D eigenvalue weighted by atomic mass is 16.5. The van der Waals surface area contributed by atoms with Crippen LogP contribution in [0.4, 0.5) is 5.82 Å². The second-order valence-corrected chi connectivity index (χ2v) is 6.17. The SMILES string of the molecule is NC1C2Oc3ccc(Oc4ccnc5c4CCC(=O)N5)cc3C12. The van der Waals surface area contributed by atoms with Crippen LogP contribution in [0.5, 0.6) is 17.2 Å². The van der Waals surface area contributed by atoms with Crippen LogP contribution in [0.1, 0.15) is 23.5 Å². The number of amides is 1. The number of benzene rings is 1. The maximum atomic E-state index is 11.5. The van der Waals surface area contributed by atoms with E-state index < -0.39 is 0 Å². The molecule has 6 nitrogen and oxygen atoms in total. The van der Waals surface area contributed by atoms with Crippen molar-refractivity contribution in [1.82, 2.24) is 4.98 Å². The zero-order valence-corrected chi connectivity index (χ0v) is 12.3. The lowest BCUT2D eigenvalue weighted by molar-refractivity contribution is -0.116. The van der Waals surface area contributed by atoms with Gasteiger partial charge in [-0.05, 0) is 30.7 Å². The lowest BCUT2D eigenvalue weighted by Crippen LogP contribution is -2.20. The molecule has 116 valence electrons. The number of ether oxygens (including phenoxy) is 2. The molecule has 0 radical (unpaired) electrons. The summed E-state index contributed by atoms with van der Waals surface area (Å²) in [6, 6.07) is 7.75. The molecule has 1 aromatic carbocycles. The first-order chi connectivity index (χ1) is 11.2. The summed E-state index contributed by atoms with van der Waals surface area (Å²) in [7, 11) is 0. The van der Waals surface area contributed by atoms with Gasteiger partial charge in [-0.2, -0.15) is 0 Å². The highest BCUT2D eigenvalue weighted by Gasteiger charge is 2.56. The molecule has 6 heteroatoms. The first kappa shape index (κ1) is 12.9. The molecule has 3 heterocycles. The fourth-order valence-corrected chi connectivity index (χ4v) is 3.43. The van der Waals surface area contributed by atoms with Gasteiger partial charge in [0.05, 0.1) is 6.04 Å². The van der Waals surface area contributed by atoms with Gasteiger partial charge in [0, 0.05) is 29.7 Å². The van der Waals surface area contributed by atoms with Crippen LogP contribution in [-0.2, 0) is 11.2 Å². The first-order valence-corrected chi connectivity index (χ1v) is 7.72. The van der Waals surface area contributed by atoms with E-state index in [9.17, 15) is 4.79 Å². The summed E-state index contributed by atoms with van der Waals surface area (Å²) >= 11 is 0. The van der Waals surface area contributed by atoms with Gasteiger partial charge in [0.1, 0.15) is 29.2 Å². The van der Waals surface area contributed by atoms with Crippen LogP contribution in [0.25, 0.3) is 0 Å². The third kappa shape index (κ3) is 1.91. The highest BCUT2D eigenvalue weighted by molar-refractivity contribution is 5.93. The first-order valence-electron chi connectivity index (χ1n) is 7.72. The Morgan fingerprint density at radius 2 is 2.22 bits per heavy atom. The molecule has 1 fully saturated rings. The minimum Gasteiger partial charge on any atom is -0.488 e. The van der Waals surface area contributed by atoms with Gasteiger partial charge in [-0.1, -0.05) is 0 Å². The molecule has 3 aliphatic rings. The molecule has 3 unspecified atom stereocenters. The number of anilines is 1. The number of fused-ring (bicyclic) bond motifs is 4. The number of rotatable bonds is 2. The molecule has 0 bridgehead atoms. The summed E-state index contributed by atoms with van der Waals surface area (Å²) in [4.78, 5) is 15.7. The number of hydrogen-bond acceptors (Lipinski definition) is 5. The Labute approximate surface area is 132 Å². The van der Waals surface area contributed by atoms with Crippen molar-refractivity contribution < 1.29 is 14.3 Å². The van der Waals surface area contributed by atoms with Crippen molar-refractivity contribution in [1.29, 1.82) is 0 Å². The Morgan fingerprint density at radius 3 is 3.13 bits per heavy atom. The van der Waals surface area contributed by atoms with Crippen molar-refractivity contribution in [3.63, 3.8) is 0 Å². The molecule has 2 aromatic rings. The van der Waals surface area contributed by atoms with Crippen LogP contribution in [0.2, 0.25) is 0 Å². The van der Waals surface area contributed by atoms with E-state index >= 15 is 0 Å². The van der Waals surface area contributed by atoms with Crippen LogP contribution in [-0.4, -0.2) is 23.0 Å². The molecule has 1 aromatic heterocycles. The van der Waals surface area contributed by atoms with Crippen LogP contribution in [0.15, 0.2) is 30.5 Å². The minimum absolute atomic E-state index is 0.00871. The molecular formula is C17H15N3O3. The number of hydrogen-bond donors (Lipinski definition) is 2. The van der Waals surface area contributed by atoms with Crippen molar-refractivity contribution in [3.05, 3.63) is 41.6 Å². The molecule has 23 heavy (non-hydrogen) atoms. The van der Waals surface area contributed by atoms with Gasteiger partial charge in [0.15, 0.2) is 0 Å². The molecule has 5 rings (SSSR count). The van der Waals surface area contributed by atoms with Crippen molar-refractivity contribution in [2.45, 2.75) is 30.9 Å². The molecule has 1 saturated carbocycles. The van der Waals surface area contributed by atoms with E-state index in [1.807, 2.05) is 24.3 Å². The van der Waals surface area contributed by atoms with Crippen molar-refractivity contribution >= 4 is 11.7 Å². The number of nitrogens with zero attached hydrogens (tertiary/aromatic N) is 1. The fraction of sp³-hybridized carbons (Fsp3) is 0.294. The predicted octanol–water partition coefficient (Wildman–Crippen LogP) is 1.94. The summed E-state index contributed by atoms with van der Waals surface area (Å²) < 4.78 is 11.8. The van der Waals surface area contributed by atoms with Gasteiger partial charge in [-0.15, -0.1) is 0 Å². The smallest absolute Gasteiger partial charge is 0.225 e. The number of carbonyl (C=O) groups is 1. The van der Waals surface area contributed by atoms with Crippen LogP contribution < -0.4 is 20.5 Å². The second kappa shape index (κ2) is 4.45. The van der Waals surface area contributed by atoms with Gasteiger partial charge in [-0.3, -0.25) is 4.79 Å². The molecule has 1 amide bonds. The van der Waals surface area contributed by atoms with Crippen molar-refractivity contribution in [3.8, 4) is 17.2 Å². The van der Waals surface area contributed by atoms with Crippen molar-refractivity contribution in [2.75, 3.05) is 5.32 Å². The molecule has 0 saturated heterocycles. The Kier molecular flexibility index (Phi) is 2.50. The Morgan fingerprint density at radius 1 is 1.30 bits per heavy atom. The van der Waals surface area contributed by atoms with Gasteiger partial charge in [0.2, 0.25) is 5.91 Å². The molecule has 3 N–H and O–H groups in total. The van der Waals surface area contributed by atoms with E-state index in [0.717, 1.165) is 28.4 Å². The monoisotopic (exact) mass is 309 g/mol. The third-order valence-electron chi connectivity index (χ3n) is 4.71. The van der Waals surface area contributed by atoms with E-state index in [-0.39, 0.29) is 18.1 Å². The van der Waals surface area contributed by atoms with E-state index in [1.165, 1.54) is 0 Å². The number of aromatic nitrogens is 1. The highest BCUT2D eigenvalue weighted by Crippen LogP contribution is 2.53. The average Bonchev–Trinajstić information content (AvgIpc) is 3.02. The quantitative estimate of drug-likeness (QED) is 0.885. The zero-order chi connectivity index (χ0) is 15.6. The summed E-state index contributed by atoms with van der Waals surface area (Å²) in [5.74, 6) is 3.25. The number of nitrogens with one attached hydrogen (secondary N) is 1. The van der Waals surface area contributed by atoms with Crippen molar-refractivity contribution in [2.24, 2.45) is 5.73 Å². The lowest BCUT2D eigenvalue weighted by atomic mass is 10.1. The largest absolute Gasteiger partial charge is 0.488 e. The summed E-state index contributed by atoms with van der Waals surface area (Å²) in [6.07, 6.45) is 2.85. The Hall–Kier alpha value is -2.60. The van der Waals surface area contributed by atoms with E-state index in [0.29, 0.717) is 24.6 Å². The number of carbonyl (C=O) groups excluding carboxylic acids is 1. The normalized spacial score (nSPS) is 26.5.